The van der Waals surface area contributed by atoms with Crippen LogP contribution in [0.15, 0.2) is 49.1 Å². The van der Waals surface area contributed by atoms with Gasteiger partial charge >= 0.3 is 6.09 Å². The van der Waals surface area contributed by atoms with E-state index in [0.29, 0.717) is 48.4 Å². The number of alkyl carbamates (subject to hydrolysis) is 1. The second-order valence-electron chi connectivity index (χ2n) is 21.1. The van der Waals surface area contributed by atoms with Crippen LogP contribution in [-0.4, -0.2) is 114 Å². The maximum absolute atomic E-state index is 15.1. The van der Waals surface area contributed by atoms with E-state index in [2.05, 4.69) is 39.0 Å². The van der Waals surface area contributed by atoms with Gasteiger partial charge in [0.2, 0.25) is 27.7 Å². The SMILES string of the molecule is C=CC1C[C@]1(NC(=O)[C@@H]1C[C@@H]2CN1C(=O)[C@H](C1CCCC1)NC(=O)O[C@@H]1CCC[C@H]1CC/C=C/Cc1c(nc3ccccc3c1OCCN1CC3(CCC3)C1)O2)C(=O)NS(=O)(=O)C1(C)CC1. The van der Waals surface area contributed by atoms with Crippen molar-refractivity contribution in [2.24, 2.45) is 23.2 Å². The van der Waals surface area contributed by atoms with Crippen molar-refractivity contribution in [3.8, 4) is 11.6 Å². The van der Waals surface area contributed by atoms with Gasteiger partial charge in [-0.15, -0.1) is 6.58 Å². The number of hydrogen-bond acceptors (Lipinski definition) is 11. The fourth-order valence-corrected chi connectivity index (χ4v) is 13.2. The van der Waals surface area contributed by atoms with E-state index in [1.165, 1.54) is 24.2 Å². The summed E-state index contributed by atoms with van der Waals surface area (Å²) >= 11 is 0. The van der Waals surface area contributed by atoms with Gasteiger partial charge in [0.15, 0.2) is 0 Å². The van der Waals surface area contributed by atoms with Gasteiger partial charge in [-0.2, -0.15) is 0 Å². The van der Waals surface area contributed by atoms with E-state index in [-0.39, 0.29) is 37.3 Å². The number of nitrogens with one attached hydrogen (secondary N) is 3. The molecule has 15 nitrogen and oxygen atoms in total. The summed E-state index contributed by atoms with van der Waals surface area (Å²) in [4.78, 5) is 66.7. The Bertz CT molecular complexity index is 2390. The first kappa shape index (κ1) is 45.1. The third kappa shape index (κ3) is 8.69. The summed E-state index contributed by atoms with van der Waals surface area (Å²) in [5.41, 5.74) is 0.411. The van der Waals surface area contributed by atoms with Crippen molar-refractivity contribution in [3.63, 3.8) is 0 Å². The molecule has 10 rings (SSSR count). The Hall–Kier alpha value is -4.70. The van der Waals surface area contributed by atoms with E-state index in [0.717, 1.165) is 88.4 Å². The van der Waals surface area contributed by atoms with Gasteiger partial charge in [0.05, 0.1) is 22.4 Å². The minimum absolute atomic E-state index is 0.00489. The first-order chi connectivity index (χ1) is 31.8. The van der Waals surface area contributed by atoms with Crippen LogP contribution in [0, 0.1) is 23.2 Å². The van der Waals surface area contributed by atoms with Gasteiger partial charge < -0.3 is 29.7 Å². The standard InChI is InChI=1S/C50H66N6O9S/c1-3-34-28-50(34,46(59)54-66(61,62)48(2)23-24-48)53-43(57)39-27-35-29-56(39)45(58)41(33-14-7-8-15-33)52-47(60)65-40-20-11-16-32(40)13-5-4-6-18-37-42(36-17-9-10-19-38(36)51-44(37)64-35)63-26-25-55-30-49(31-55)21-12-22-49/h3-4,6,9-10,17,19,32-35,39-41H,1,5,7-8,11-16,18,20-31H2,2H3,(H,52,60)(H,53,57)(H,54,59)/b6-4+/t32-,34?,35-,39+,40-,41+,50-/m1/s1. The minimum atomic E-state index is -4.01. The Kier molecular flexibility index (Phi) is 12.1. The van der Waals surface area contributed by atoms with Crippen molar-refractivity contribution in [1.29, 1.82) is 0 Å². The number of amides is 4. The van der Waals surface area contributed by atoms with Gasteiger partial charge in [0.25, 0.3) is 5.91 Å². The van der Waals surface area contributed by atoms with Gasteiger partial charge in [-0.05, 0) is 120 Å². The predicted molar refractivity (Wildman–Crippen MR) is 247 cm³/mol. The van der Waals surface area contributed by atoms with E-state index >= 15 is 4.79 Å². The first-order valence-corrected chi connectivity index (χ1v) is 26.2. The second kappa shape index (κ2) is 17.7. The molecule has 1 aromatic carbocycles. The number of aromatic nitrogens is 1. The molecule has 0 radical (unpaired) electrons. The zero-order valence-electron chi connectivity index (χ0n) is 38.3. The molecule has 2 saturated heterocycles. The minimum Gasteiger partial charge on any atom is -0.491 e. The average molecular weight is 927 g/mol. The number of carbonyl (C=O) groups excluding carboxylic acids is 4. The van der Waals surface area contributed by atoms with Crippen molar-refractivity contribution in [2.75, 3.05) is 32.8 Å². The van der Waals surface area contributed by atoms with Crippen LogP contribution in [-0.2, 0) is 35.6 Å². The number of allylic oxidation sites excluding steroid dienone is 2. The Morgan fingerprint density at radius 1 is 0.985 bits per heavy atom. The molecule has 1 unspecified atom stereocenters. The number of nitrogens with zero attached hydrogens (tertiary/aromatic N) is 3. The fraction of sp³-hybridized carbons (Fsp3) is 0.660. The van der Waals surface area contributed by atoms with Gasteiger partial charge in [0, 0.05) is 37.4 Å². The molecule has 356 valence electrons. The molecule has 16 heteroatoms. The number of fused-ring (bicyclic) bond motifs is 5. The highest BCUT2D eigenvalue weighted by Gasteiger charge is 2.63. The van der Waals surface area contributed by atoms with Gasteiger partial charge in [-0.1, -0.05) is 49.6 Å². The first-order valence-electron chi connectivity index (χ1n) is 24.7. The van der Waals surface area contributed by atoms with Crippen molar-refractivity contribution >= 4 is 44.7 Å². The van der Waals surface area contributed by atoms with Crippen LogP contribution in [0.1, 0.15) is 115 Å². The normalized spacial score (nSPS) is 32.2. The molecule has 1 aromatic heterocycles. The molecular weight excluding hydrogens is 861 g/mol. The highest BCUT2D eigenvalue weighted by Crippen LogP contribution is 2.49. The molecule has 3 N–H and O–H groups in total. The zero-order valence-corrected chi connectivity index (χ0v) is 39.1. The van der Waals surface area contributed by atoms with E-state index in [1.807, 2.05) is 24.3 Å². The summed E-state index contributed by atoms with van der Waals surface area (Å²) in [6.07, 6.45) is 17.2. The van der Waals surface area contributed by atoms with Crippen LogP contribution in [0.25, 0.3) is 10.9 Å². The zero-order chi connectivity index (χ0) is 45.8. The van der Waals surface area contributed by atoms with Gasteiger partial charge in [-0.25, -0.2) is 18.2 Å². The number of sulfonamides is 1. The summed E-state index contributed by atoms with van der Waals surface area (Å²) in [5.74, 6) is -1.33. The second-order valence-corrected chi connectivity index (χ2v) is 23.3. The summed E-state index contributed by atoms with van der Waals surface area (Å²) in [6, 6.07) is 5.76. The quantitative estimate of drug-likeness (QED) is 0.230. The number of benzene rings is 1. The maximum Gasteiger partial charge on any atom is 0.408 e. The molecule has 2 aromatic rings. The highest BCUT2D eigenvalue weighted by atomic mass is 32.2. The van der Waals surface area contributed by atoms with Crippen LogP contribution in [0.3, 0.4) is 0 Å². The summed E-state index contributed by atoms with van der Waals surface area (Å²) in [5, 5.41) is 6.77. The molecule has 8 aliphatic rings. The lowest BCUT2D eigenvalue weighted by Crippen LogP contribution is -2.60. The monoisotopic (exact) mass is 926 g/mol. The third-order valence-corrected chi connectivity index (χ3v) is 18.7. The van der Waals surface area contributed by atoms with Crippen LogP contribution in [0.4, 0.5) is 4.79 Å². The van der Waals surface area contributed by atoms with Crippen LogP contribution in [0.5, 0.6) is 11.6 Å². The number of pyridine rings is 1. The van der Waals surface area contributed by atoms with E-state index < -0.39 is 68.2 Å². The number of hydrogen-bond donors (Lipinski definition) is 3. The molecule has 66 heavy (non-hydrogen) atoms. The molecular formula is C50H66N6O9S. The summed E-state index contributed by atoms with van der Waals surface area (Å²) < 4.78 is 47.5. The molecule has 3 aliphatic heterocycles. The topological polar surface area (TPSA) is 186 Å². The molecule has 4 amide bonds. The summed E-state index contributed by atoms with van der Waals surface area (Å²) in [6.45, 7) is 8.98. The fourth-order valence-electron chi connectivity index (χ4n) is 11.9. The molecule has 7 atom stereocenters. The number of ether oxygens (including phenoxy) is 3. The van der Waals surface area contributed by atoms with Crippen molar-refractivity contribution in [3.05, 3.63) is 54.6 Å². The Morgan fingerprint density at radius 3 is 2.48 bits per heavy atom. The lowest BCUT2D eigenvalue weighted by molar-refractivity contribution is -0.142. The Morgan fingerprint density at radius 2 is 1.76 bits per heavy atom. The lowest BCUT2D eigenvalue weighted by atomic mass is 9.63. The molecule has 4 heterocycles. The van der Waals surface area contributed by atoms with Crippen molar-refractivity contribution < 1.29 is 41.8 Å². The molecule has 7 fully saturated rings. The summed E-state index contributed by atoms with van der Waals surface area (Å²) in [7, 11) is -4.01. The Balaban J connectivity index is 0.982. The average Bonchev–Trinajstić information content (AvgIpc) is 3.89. The van der Waals surface area contributed by atoms with Crippen LogP contribution in [0.2, 0.25) is 0 Å². The third-order valence-electron chi connectivity index (χ3n) is 16.5. The lowest BCUT2D eigenvalue weighted by Gasteiger charge is -2.56. The number of rotatable bonds is 11. The largest absolute Gasteiger partial charge is 0.491 e. The number of carbonyl (C=O) groups is 4. The highest BCUT2D eigenvalue weighted by molar-refractivity contribution is 7.91. The van der Waals surface area contributed by atoms with E-state index in [4.69, 9.17) is 19.2 Å². The van der Waals surface area contributed by atoms with Crippen LogP contribution < -0.4 is 24.8 Å². The van der Waals surface area contributed by atoms with Crippen LogP contribution >= 0.6 is 0 Å². The molecule has 5 aliphatic carbocycles. The van der Waals surface area contributed by atoms with Crippen molar-refractivity contribution in [1.82, 2.24) is 30.1 Å². The number of para-hydroxylation sites is 1. The maximum atomic E-state index is 15.1. The molecule has 1 spiro atoms. The number of likely N-dealkylation sites (tertiary alicyclic amines) is 1. The van der Waals surface area contributed by atoms with Gasteiger partial charge in [0.1, 0.15) is 42.2 Å². The van der Waals surface area contributed by atoms with E-state index in [1.54, 1.807) is 13.0 Å². The smallest absolute Gasteiger partial charge is 0.408 e. The Labute approximate surface area is 388 Å². The van der Waals surface area contributed by atoms with Gasteiger partial charge in [-0.3, -0.25) is 24.0 Å². The van der Waals surface area contributed by atoms with Crippen molar-refractivity contribution in [2.45, 2.75) is 151 Å². The predicted octanol–water partition coefficient (Wildman–Crippen LogP) is 5.85. The van der Waals surface area contributed by atoms with E-state index in [9.17, 15) is 22.8 Å². The molecule has 2 bridgehead atoms. The molecule has 5 saturated carbocycles.